The number of aromatic nitrogens is 2. The van der Waals surface area contributed by atoms with Crippen molar-refractivity contribution < 1.29 is 9.59 Å². The summed E-state index contributed by atoms with van der Waals surface area (Å²) < 4.78 is 0. The number of imidazole rings is 1. The van der Waals surface area contributed by atoms with E-state index in [9.17, 15) is 9.59 Å². The molecule has 0 aliphatic carbocycles. The number of amides is 2. The minimum atomic E-state index is -0.761. The van der Waals surface area contributed by atoms with Crippen molar-refractivity contribution in [3.05, 3.63) is 54.1 Å². The van der Waals surface area contributed by atoms with Crippen LogP contribution in [0.2, 0.25) is 0 Å². The van der Waals surface area contributed by atoms with Gasteiger partial charge in [-0.15, -0.1) is 0 Å². The maximum Gasteiger partial charge on any atom is 0.242 e. The standard InChI is InChI=1S/C21H32N6O2/c1-23-10-6-3-7-11-25-21(29)19(12-16-8-4-2-5-9-16)27-20(28)18(22)13-17-14-24-15-26-17/h2,4-5,8-9,14-15,18-19,23H,3,6-7,10-13,22H2,1H3,(H,24,26)(H,25,29)(H,27,28)/t18-,19-/m0/s1. The molecule has 6 N–H and O–H groups in total. The normalized spacial score (nSPS) is 12.9. The van der Waals surface area contributed by atoms with E-state index in [0.717, 1.165) is 37.1 Å². The first-order valence-electron chi connectivity index (χ1n) is 10.1. The molecule has 2 amide bonds. The van der Waals surface area contributed by atoms with Gasteiger partial charge in [0.05, 0.1) is 12.4 Å². The Morgan fingerprint density at radius 2 is 1.83 bits per heavy atom. The summed E-state index contributed by atoms with van der Waals surface area (Å²) in [6, 6.07) is 8.19. The second-order valence-electron chi connectivity index (χ2n) is 7.09. The summed E-state index contributed by atoms with van der Waals surface area (Å²) in [5.41, 5.74) is 7.77. The van der Waals surface area contributed by atoms with Crippen molar-refractivity contribution in [2.24, 2.45) is 5.73 Å². The molecule has 0 aliphatic rings. The molecule has 2 atom stereocenters. The summed E-state index contributed by atoms with van der Waals surface area (Å²) in [6.07, 6.45) is 6.92. The predicted octanol–water partition coefficient (Wildman–Crippen LogP) is 0.513. The molecule has 158 valence electrons. The van der Waals surface area contributed by atoms with Crippen molar-refractivity contribution in [1.82, 2.24) is 25.9 Å². The van der Waals surface area contributed by atoms with Crippen LogP contribution in [0, 0.1) is 0 Å². The first-order valence-corrected chi connectivity index (χ1v) is 10.1. The molecule has 2 aromatic rings. The summed E-state index contributed by atoms with van der Waals surface area (Å²) >= 11 is 0. The average Bonchev–Trinajstić information content (AvgIpc) is 3.23. The van der Waals surface area contributed by atoms with Gasteiger partial charge in [-0.05, 0) is 32.0 Å². The largest absolute Gasteiger partial charge is 0.354 e. The van der Waals surface area contributed by atoms with Crippen molar-refractivity contribution in [3.63, 3.8) is 0 Å². The maximum absolute atomic E-state index is 12.7. The first kappa shape index (κ1) is 22.6. The van der Waals surface area contributed by atoms with Crippen LogP contribution < -0.4 is 21.7 Å². The molecule has 2 rings (SSSR count). The fourth-order valence-corrected chi connectivity index (χ4v) is 3.00. The Kier molecular flexibility index (Phi) is 9.88. The molecular weight excluding hydrogens is 368 g/mol. The lowest BCUT2D eigenvalue weighted by Gasteiger charge is -2.21. The molecule has 8 heteroatoms. The van der Waals surface area contributed by atoms with Gasteiger partial charge in [0.25, 0.3) is 0 Å². The molecule has 0 saturated heterocycles. The topological polar surface area (TPSA) is 125 Å². The van der Waals surface area contributed by atoms with Crippen LogP contribution in [0.3, 0.4) is 0 Å². The molecule has 0 saturated carbocycles. The van der Waals surface area contributed by atoms with Crippen LogP contribution >= 0.6 is 0 Å². The highest BCUT2D eigenvalue weighted by molar-refractivity contribution is 5.90. The molecule has 1 aromatic heterocycles. The molecule has 0 spiro atoms. The van der Waals surface area contributed by atoms with E-state index in [1.54, 1.807) is 12.5 Å². The molecule has 29 heavy (non-hydrogen) atoms. The number of hydrogen-bond donors (Lipinski definition) is 5. The van der Waals surface area contributed by atoms with Gasteiger partial charge in [-0.2, -0.15) is 0 Å². The zero-order chi connectivity index (χ0) is 20.9. The van der Waals surface area contributed by atoms with Crippen molar-refractivity contribution >= 4 is 11.8 Å². The second-order valence-corrected chi connectivity index (χ2v) is 7.09. The van der Waals surface area contributed by atoms with Crippen LogP contribution in [-0.4, -0.2) is 54.0 Å². The summed E-state index contributed by atoms with van der Waals surface area (Å²) in [5, 5.41) is 8.86. The highest BCUT2D eigenvalue weighted by Gasteiger charge is 2.24. The Bertz CT molecular complexity index is 720. The Balaban J connectivity index is 1.91. The van der Waals surface area contributed by atoms with Gasteiger partial charge in [-0.25, -0.2) is 4.98 Å². The van der Waals surface area contributed by atoms with Gasteiger partial charge in [0, 0.05) is 31.3 Å². The molecular formula is C21H32N6O2. The van der Waals surface area contributed by atoms with E-state index in [2.05, 4.69) is 25.9 Å². The Morgan fingerprint density at radius 1 is 1.07 bits per heavy atom. The van der Waals surface area contributed by atoms with Gasteiger partial charge in [0.2, 0.25) is 11.8 Å². The maximum atomic E-state index is 12.7. The van der Waals surface area contributed by atoms with Gasteiger partial charge in [0.15, 0.2) is 0 Å². The zero-order valence-corrected chi connectivity index (χ0v) is 17.0. The number of carbonyl (C=O) groups is 2. The van der Waals surface area contributed by atoms with Crippen LogP contribution in [0.15, 0.2) is 42.9 Å². The molecule has 0 radical (unpaired) electrons. The highest BCUT2D eigenvalue weighted by Crippen LogP contribution is 2.05. The molecule has 1 aromatic carbocycles. The number of nitrogens with zero attached hydrogens (tertiary/aromatic N) is 1. The molecule has 0 fully saturated rings. The molecule has 0 bridgehead atoms. The average molecular weight is 401 g/mol. The monoisotopic (exact) mass is 400 g/mol. The van der Waals surface area contributed by atoms with Crippen LogP contribution in [-0.2, 0) is 22.4 Å². The third kappa shape index (κ3) is 8.45. The third-order valence-corrected chi connectivity index (χ3v) is 4.65. The van der Waals surface area contributed by atoms with E-state index in [-0.39, 0.29) is 11.8 Å². The van der Waals surface area contributed by atoms with Crippen LogP contribution in [0.5, 0.6) is 0 Å². The van der Waals surface area contributed by atoms with E-state index in [4.69, 9.17) is 5.73 Å². The summed E-state index contributed by atoms with van der Waals surface area (Å²) in [6.45, 7) is 1.55. The van der Waals surface area contributed by atoms with Gasteiger partial charge in [-0.1, -0.05) is 36.8 Å². The van der Waals surface area contributed by atoms with Crippen LogP contribution in [0.1, 0.15) is 30.5 Å². The Labute approximate surface area is 172 Å². The molecule has 1 heterocycles. The number of H-pyrrole nitrogens is 1. The summed E-state index contributed by atoms with van der Waals surface area (Å²) in [4.78, 5) is 32.1. The van der Waals surface area contributed by atoms with Gasteiger partial charge < -0.3 is 26.7 Å². The minimum absolute atomic E-state index is 0.190. The van der Waals surface area contributed by atoms with Crippen LogP contribution in [0.25, 0.3) is 0 Å². The van der Waals surface area contributed by atoms with Gasteiger partial charge >= 0.3 is 0 Å². The van der Waals surface area contributed by atoms with Crippen molar-refractivity contribution in [2.45, 2.75) is 44.2 Å². The molecule has 0 unspecified atom stereocenters. The molecule has 8 nitrogen and oxygen atoms in total. The highest BCUT2D eigenvalue weighted by atomic mass is 16.2. The predicted molar refractivity (Wildman–Crippen MR) is 113 cm³/mol. The number of aromatic amines is 1. The van der Waals surface area contributed by atoms with Gasteiger partial charge in [0.1, 0.15) is 6.04 Å². The minimum Gasteiger partial charge on any atom is -0.354 e. The lowest BCUT2D eigenvalue weighted by atomic mass is 10.0. The lowest BCUT2D eigenvalue weighted by Crippen LogP contribution is -2.53. The number of rotatable bonds is 13. The lowest BCUT2D eigenvalue weighted by molar-refractivity contribution is -0.129. The summed E-state index contributed by atoms with van der Waals surface area (Å²) in [7, 11) is 1.93. The van der Waals surface area contributed by atoms with E-state index >= 15 is 0 Å². The third-order valence-electron chi connectivity index (χ3n) is 4.65. The van der Waals surface area contributed by atoms with Crippen molar-refractivity contribution in [1.29, 1.82) is 0 Å². The molecule has 0 aliphatic heterocycles. The Morgan fingerprint density at radius 3 is 2.52 bits per heavy atom. The summed E-state index contributed by atoms with van der Waals surface area (Å²) in [5.74, 6) is -0.547. The Hall–Kier alpha value is -2.71. The number of nitrogens with one attached hydrogen (secondary N) is 4. The number of carbonyl (C=O) groups excluding carboxylic acids is 2. The fourth-order valence-electron chi connectivity index (χ4n) is 3.00. The smallest absolute Gasteiger partial charge is 0.242 e. The van der Waals surface area contributed by atoms with Crippen LogP contribution in [0.4, 0.5) is 0 Å². The first-order chi connectivity index (χ1) is 14.1. The van der Waals surface area contributed by atoms with Gasteiger partial charge in [-0.3, -0.25) is 9.59 Å². The number of nitrogens with two attached hydrogens (primary N) is 1. The number of benzene rings is 1. The van der Waals surface area contributed by atoms with Crippen molar-refractivity contribution in [2.75, 3.05) is 20.1 Å². The number of unbranched alkanes of at least 4 members (excludes halogenated alkanes) is 2. The van der Waals surface area contributed by atoms with Crippen molar-refractivity contribution in [3.8, 4) is 0 Å². The number of hydrogen-bond acceptors (Lipinski definition) is 5. The van der Waals surface area contributed by atoms with E-state index in [1.165, 1.54) is 0 Å². The second kappa shape index (κ2) is 12.7. The SMILES string of the molecule is CNCCCCCNC(=O)[C@H](Cc1ccccc1)NC(=O)[C@@H](N)Cc1cnc[nH]1. The van der Waals surface area contributed by atoms with E-state index in [1.807, 2.05) is 37.4 Å². The quantitative estimate of drug-likeness (QED) is 0.313. The fraction of sp³-hybridized carbons (Fsp3) is 0.476. The van der Waals surface area contributed by atoms with E-state index in [0.29, 0.717) is 19.4 Å². The van der Waals surface area contributed by atoms with E-state index < -0.39 is 12.1 Å². The zero-order valence-electron chi connectivity index (χ0n) is 17.0.